The molecule has 0 saturated heterocycles. The van der Waals surface area contributed by atoms with Crippen LogP contribution in [0.3, 0.4) is 0 Å². The van der Waals surface area contributed by atoms with E-state index in [1.807, 2.05) is 31.2 Å². The van der Waals surface area contributed by atoms with Crippen LogP contribution < -0.4 is 10.1 Å². The van der Waals surface area contributed by atoms with E-state index in [0.717, 1.165) is 11.3 Å². The molecule has 0 unspecified atom stereocenters. The Morgan fingerprint density at radius 1 is 1.24 bits per heavy atom. The van der Waals surface area contributed by atoms with E-state index < -0.39 is 6.04 Å². The number of ether oxygens (including phenoxy) is 1. The molecular formula is C16H24N2O3. The fourth-order valence-electron chi connectivity index (χ4n) is 1.94. The smallest absolute Gasteiger partial charge is 0.244 e. The number of benzene rings is 1. The van der Waals surface area contributed by atoms with Crippen molar-refractivity contribution in [3.05, 3.63) is 29.8 Å². The molecule has 1 aromatic rings. The van der Waals surface area contributed by atoms with Gasteiger partial charge in [-0.3, -0.25) is 9.59 Å². The summed E-state index contributed by atoms with van der Waals surface area (Å²) in [7, 11) is 3.34. The molecule has 0 fully saturated rings. The molecule has 0 aliphatic carbocycles. The lowest BCUT2D eigenvalue weighted by molar-refractivity contribution is -0.133. The van der Waals surface area contributed by atoms with Gasteiger partial charge in [-0.2, -0.15) is 0 Å². The molecule has 1 rings (SSSR count). The summed E-state index contributed by atoms with van der Waals surface area (Å²) in [5, 5.41) is 2.71. The van der Waals surface area contributed by atoms with Crippen molar-refractivity contribution in [2.75, 3.05) is 20.7 Å². The monoisotopic (exact) mass is 292 g/mol. The van der Waals surface area contributed by atoms with Crippen molar-refractivity contribution in [2.45, 2.75) is 32.7 Å². The third kappa shape index (κ3) is 5.85. The maximum absolute atomic E-state index is 11.8. The second-order valence-electron chi connectivity index (χ2n) is 5.10. The normalized spacial score (nSPS) is 11.6. The molecule has 0 aliphatic rings. The van der Waals surface area contributed by atoms with Crippen LogP contribution in [0.4, 0.5) is 0 Å². The van der Waals surface area contributed by atoms with Crippen molar-refractivity contribution < 1.29 is 14.3 Å². The van der Waals surface area contributed by atoms with Crippen LogP contribution in [-0.2, 0) is 16.0 Å². The molecule has 0 spiro atoms. The first kappa shape index (κ1) is 17.0. The molecule has 0 aliphatic heterocycles. The first-order valence-electron chi connectivity index (χ1n) is 7.16. The maximum atomic E-state index is 11.8. The lowest BCUT2D eigenvalue weighted by Crippen LogP contribution is -2.44. The number of likely N-dealkylation sites (N-methyl/N-ethyl adjacent to an activating group) is 1. The number of nitrogens with one attached hydrogen (secondary N) is 1. The Hall–Kier alpha value is -2.04. The average molecular weight is 292 g/mol. The number of aryl methyl sites for hydroxylation is 1. The van der Waals surface area contributed by atoms with Gasteiger partial charge in [0.25, 0.3) is 0 Å². The zero-order valence-corrected chi connectivity index (χ0v) is 13.2. The second kappa shape index (κ2) is 8.29. The van der Waals surface area contributed by atoms with Gasteiger partial charge in [0.15, 0.2) is 0 Å². The summed E-state index contributed by atoms with van der Waals surface area (Å²) in [5.41, 5.74) is 1.07. The van der Waals surface area contributed by atoms with Crippen molar-refractivity contribution >= 4 is 11.8 Å². The predicted octanol–water partition coefficient (Wildman–Crippen LogP) is 1.61. The van der Waals surface area contributed by atoms with Gasteiger partial charge in [-0.05, 0) is 38.0 Å². The maximum Gasteiger partial charge on any atom is 0.244 e. The fraction of sp³-hybridized carbons (Fsp3) is 0.500. The van der Waals surface area contributed by atoms with Gasteiger partial charge < -0.3 is 15.0 Å². The lowest BCUT2D eigenvalue weighted by atomic mass is 10.1. The molecule has 21 heavy (non-hydrogen) atoms. The van der Waals surface area contributed by atoms with Crippen LogP contribution in [0.5, 0.6) is 5.75 Å². The van der Waals surface area contributed by atoms with Gasteiger partial charge >= 0.3 is 0 Å². The molecule has 0 radical (unpaired) electrons. The lowest BCUT2D eigenvalue weighted by Gasteiger charge is -2.17. The highest BCUT2D eigenvalue weighted by atomic mass is 16.5. The van der Waals surface area contributed by atoms with Crippen molar-refractivity contribution in [1.82, 2.24) is 10.2 Å². The standard InChI is InChI=1S/C16H24N2O3/c1-5-21-14-9-6-13(7-10-14)8-11-15(19)17-12(2)16(20)18(3)4/h6-7,9-10,12H,5,8,11H2,1-4H3,(H,17,19)/t12-/m1/s1. The Morgan fingerprint density at radius 3 is 2.38 bits per heavy atom. The number of nitrogens with zero attached hydrogens (tertiary/aromatic N) is 1. The molecule has 0 bridgehead atoms. The van der Waals surface area contributed by atoms with Crippen molar-refractivity contribution in [2.24, 2.45) is 0 Å². The number of hydrogen-bond acceptors (Lipinski definition) is 3. The van der Waals surface area contributed by atoms with Crippen LogP contribution in [0.1, 0.15) is 25.8 Å². The van der Waals surface area contributed by atoms with E-state index in [0.29, 0.717) is 19.4 Å². The van der Waals surface area contributed by atoms with E-state index in [4.69, 9.17) is 4.74 Å². The number of amides is 2. The van der Waals surface area contributed by atoms with Crippen LogP contribution in [0.25, 0.3) is 0 Å². The zero-order chi connectivity index (χ0) is 15.8. The minimum atomic E-state index is -0.493. The van der Waals surface area contributed by atoms with Crippen LogP contribution in [0, 0.1) is 0 Å². The van der Waals surface area contributed by atoms with Crippen LogP contribution in [-0.4, -0.2) is 43.5 Å². The molecule has 2 amide bonds. The Morgan fingerprint density at radius 2 is 1.86 bits per heavy atom. The van der Waals surface area contributed by atoms with Crippen LogP contribution >= 0.6 is 0 Å². The summed E-state index contributed by atoms with van der Waals surface area (Å²) in [6.07, 6.45) is 1.00. The first-order valence-corrected chi connectivity index (χ1v) is 7.16. The highest BCUT2D eigenvalue weighted by molar-refractivity contribution is 5.87. The summed E-state index contributed by atoms with van der Waals surface area (Å²) < 4.78 is 5.37. The molecule has 5 heteroatoms. The molecule has 5 nitrogen and oxygen atoms in total. The van der Waals surface area contributed by atoms with Gasteiger partial charge in [0, 0.05) is 20.5 Å². The Bertz CT molecular complexity index is 469. The van der Waals surface area contributed by atoms with Crippen molar-refractivity contribution in [3.8, 4) is 5.75 Å². The number of carbonyl (C=O) groups is 2. The van der Waals surface area contributed by atoms with E-state index in [-0.39, 0.29) is 11.8 Å². The van der Waals surface area contributed by atoms with E-state index in [1.165, 1.54) is 4.90 Å². The zero-order valence-electron chi connectivity index (χ0n) is 13.2. The number of rotatable bonds is 7. The molecule has 1 N–H and O–H groups in total. The van der Waals surface area contributed by atoms with Gasteiger partial charge in [0.2, 0.25) is 11.8 Å². The van der Waals surface area contributed by atoms with Crippen LogP contribution in [0.2, 0.25) is 0 Å². The van der Waals surface area contributed by atoms with E-state index in [1.54, 1.807) is 21.0 Å². The molecule has 1 aromatic carbocycles. The largest absolute Gasteiger partial charge is 0.494 e. The van der Waals surface area contributed by atoms with Crippen LogP contribution in [0.15, 0.2) is 24.3 Å². The highest BCUT2D eigenvalue weighted by Gasteiger charge is 2.16. The second-order valence-corrected chi connectivity index (χ2v) is 5.10. The summed E-state index contributed by atoms with van der Waals surface area (Å²) >= 11 is 0. The first-order chi connectivity index (χ1) is 9.93. The Labute approximate surface area is 126 Å². The Kier molecular flexibility index (Phi) is 6.72. The molecule has 0 aromatic heterocycles. The molecular weight excluding hydrogens is 268 g/mol. The Balaban J connectivity index is 2.40. The molecule has 0 saturated carbocycles. The summed E-state index contributed by atoms with van der Waals surface area (Å²) in [5.74, 6) is 0.604. The summed E-state index contributed by atoms with van der Waals surface area (Å²) in [4.78, 5) is 24.9. The van der Waals surface area contributed by atoms with Gasteiger partial charge in [0.05, 0.1) is 6.61 Å². The third-order valence-electron chi connectivity index (χ3n) is 3.06. The van der Waals surface area contributed by atoms with Gasteiger partial charge in [0.1, 0.15) is 11.8 Å². The summed E-state index contributed by atoms with van der Waals surface area (Å²) in [6.45, 7) is 4.27. The third-order valence-corrected chi connectivity index (χ3v) is 3.06. The van der Waals surface area contributed by atoms with Crippen molar-refractivity contribution in [3.63, 3.8) is 0 Å². The molecule has 1 atom stereocenters. The predicted molar refractivity (Wildman–Crippen MR) is 82.2 cm³/mol. The SMILES string of the molecule is CCOc1ccc(CCC(=O)N[C@H](C)C(=O)N(C)C)cc1. The van der Waals surface area contributed by atoms with E-state index in [9.17, 15) is 9.59 Å². The molecule has 116 valence electrons. The van der Waals surface area contributed by atoms with E-state index in [2.05, 4.69) is 5.32 Å². The fourth-order valence-corrected chi connectivity index (χ4v) is 1.94. The summed E-state index contributed by atoms with van der Waals surface area (Å²) in [6, 6.07) is 7.20. The minimum Gasteiger partial charge on any atom is -0.494 e. The van der Waals surface area contributed by atoms with Gasteiger partial charge in [-0.25, -0.2) is 0 Å². The number of carbonyl (C=O) groups excluding carboxylic acids is 2. The van der Waals surface area contributed by atoms with Gasteiger partial charge in [-0.1, -0.05) is 12.1 Å². The highest BCUT2D eigenvalue weighted by Crippen LogP contribution is 2.13. The topological polar surface area (TPSA) is 58.6 Å². The molecule has 0 heterocycles. The van der Waals surface area contributed by atoms with E-state index >= 15 is 0 Å². The quantitative estimate of drug-likeness (QED) is 0.830. The minimum absolute atomic E-state index is 0.107. The number of hydrogen-bond donors (Lipinski definition) is 1. The average Bonchev–Trinajstić information content (AvgIpc) is 2.45. The van der Waals surface area contributed by atoms with Crippen molar-refractivity contribution in [1.29, 1.82) is 0 Å². The van der Waals surface area contributed by atoms with Gasteiger partial charge in [-0.15, -0.1) is 0 Å².